The lowest BCUT2D eigenvalue weighted by atomic mass is 9.93. The minimum absolute atomic E-state index is 0.0275. The molecule has 2 heterocycles. The molecule has 2 N–H and O–H groups in total. The van der Waals surface area contributed by atoms with Crippen molar-refractivity contribution in [2.24, 2.45) is 0 Å². The van der Waals surface area contributed by atoms with Crippen LogP contribution in [0.15, 0.2) is 54.9 Å². The molecule has 38 heavy (non-hydrogen) atoms. The van der Waals surface area contributed by atoms with Crippen LogP contribution in [0.5, 0.6) is 5.75 Å². The van der Waals surface area contributed by atoms with Crippen molar-refractivity contribution in [2.45, 2.75) is 57.8 Å². The number of hydrogen-bond donors (Lipinski definition) is 2. The number of aryl methyl sites for hydroxylation is 1. The molecule has 0 spiro atoms. The summed E-state index contributed by atoms with van der Waals surface area (Å²) in [5, 5.41) is 5.90. The van der Waals surface area contributed by atoms with E-state index in [1.54, 1.807) is 23.5 Å². The van der Waals surface area contributed by atoms with E-state index in [2.05, 4.69) is 15.6 Å². The van der Waals surface area contributed by atoms with E-state index in [1.165, 1.54) is 11.9 Å². The fourth-order valence-corrected chi connectivity index (χ4v) is 5.00. The molecule has 198 valence electrons. The Hall–Kier alpha value is -4.14. The topological polar surface area (TPSA) is 106 Å². The van der Waals surface area contributed by atoms with Crippen molar-refractivity contribution < 1.29 is 19.1 Å². The molecule has 2 aliphatic rings. The molecule has 1 saturated carbocycles. The number of methoxy groups -OCH3 is 1. The van der Waals surface area contributed by atoms with Crippen LogP contribution in [0.3, 0.4) is 0 Å². The minimum Gasteiger partial charge on any atom is -0.497 e. The molecule has 0 radical (unpaired) electrons. The second-order valence-electron chi connectivity index (χ2n) is 10.3. The Morgan fingerprint density at radius 2 is 1.74 bits per heavy atom. The fraction of sp³-hybridized carbons (Fsp3) is 0.379. The third kappa shape index (κ3) is 5.01. The van der Waals surface area contributed by atoms with E-state index in [-0.39, 0.29) is 41.7 Å². The van der Waals surface area contributed by atoms with Gasteiger partial charge in [-0.3, -0.25) is 14.4 Å². The molecule has 0 saturated heterocycles. The highest BCUT2D eigenvalue weighted by atomic mass is 16.5. The van der Waals surface area contributed by atoms with Crippen molar-refractivity contribution in [3.05, 3.63) is 82.9 Å². The van der Waals surface area contributed by atoms with Crippen LogP contribution in [0.2, 0.25) is 0 Å². The van der Waals surface area contributed by atoms with Gasteiger partial charge in [0.15, 0.2) is 5.69 Å². The highest BCUT2D eigenvalue weighted by Crippen LogP contribution is 2.38. The molecule has 2 aromatic carbocycles. The average Bonchev–Trinajstić information content (AvgIpc) is 3.66. The van der Waals surface area contributed by atoms with Crippen molar-refractivity contribution in [3.8, 4) is 5.75 Å². The first-order valence-electron chi connectivity index (χ1n) is 12.9. The molecule has 9 heteroatoms. The summed E-state index contributed by atoms with van der Waals surface area (Å²) < 4.78 is 6.84. The summed E-state index contributed by atoms with van der Waals surface area (Å²) in [6.45, 7) is 4.81. The summed E-state index contributed by atoms with van der Waals surface area (Å²) in [7, 11) is 1.61. The van der Waals surface area contributed by atoms with Gasteiger partial charge >= 0.3 is 0 Å². The van der Waals surface area contributed by atoms with Gasteiger partial charge in [-0.15, -0.1) is 0 Å². The van der Waals surface area contributed by atoms with E-state index in [0.717, 1.165) is 29.7 Å². The summed E-state index contributed by atoms with van der Waals surface area (Å²) in [5.74, 6) is -0.214. The van der Waals surface area contributed by atoms with Crippen LogP contribution in [0.4, 0.5) is 0 Å². The summed E-state index contributed by atoms with van der Waals surface area (Å²) in [4.78, 5) is 46.2. The Kier molecular flexibility index (Phi) is 6.93. The normalized spacial score (nSPS) is 18.6. The maximum atomic E-state index is 13.8. The van der Waals surface area contributed by atoms with Gasteiger partial charge in [-0.25, -0.2) is 4.98 Å². The van der Waals surface area contributed by atoms with Crippen LogP contribution in [-0.2, 0) is 24.3 Å². The number of ether oxygens (including phenoxy) is 1. The van der Waals surface area contributed by atoms with E-state index in [9.17, 15) is 14.4 Å². The maximum Gasteiger partial charge on any atom is 0.274 e. The van der Waals surface area contributed by atoms with Crippen molar-refractivity contribution in [1.29, 1.82) is 0 Å². The number of aromatic nitrogens is 2. The van der Waals surface area contributed by atoms with Gasteiger partial charge in [-0.2, -0.15) is 0 Å². The predicted molar refractivity (Wildman–Crippen MR) is 142 cm³/mol. The van der Waals surface area contributed by atoms with Gasteiger partial charge in [0.25, 0.3) is 11.8 Å². The molecule has 1 aliphatic carbocycles. The lowest BCUT2D eigenvalue weighted by Crippen LogP contribution is -2.64. The van der Waals surface area contributed by atoms with Crippen molar-refractivity contribution in [2.75, 3.05) is 13.7 Å². The first-order chi connectivity index (χ1) is 18.3. The summed E-state index contributed by atoms with van der Waals surface area (Å²) >= 11 is 0. The Bertz CT molecular complexity index is 1340. The zero-order valence-electron chi connectivity index (χ0n) is 22.0. The number of carbonyl (C=O) groups excluding carboxylic acids is 3. The lowest BCUT2D eigenvalue weighted by Gasteiger charge is -2.44. The van der Waals surface area contributed by atoms with Gasteiger partial charge in [-0.05, 0) is 56.4 Å². The minimum atomic E-state index is -1.10. The molecule has 0 unspecified atom stereocenters. The van der Waals surface area contributed by atoms with Gasteiger partial charge in [0.05, 0.1) is 20.0 Å². The van der Waals surface area contributed by atoms with Crippen LogP contribution in [0.1, 0.15) is 57.4 Å². The molecule has 9 nitrogen and oxygen atoms in total. The lowest BCUT2D eigenvalue weighted by molar-refractivity contribution is -0.133. The standard InChI is InChI=1S/C29H33N5O4/c1-19-4-6-20(7-5-19)14-15-30-26(35)24-25-27(36)34(22-10-11-22)29(2,17-33(25)18-32-24)28(37)31-16-21-8-12-23(38-3)13-9-21/h4-9,12-13,18,22H,10-11,14-17H2,1-3H3,(H,30,35)(H,31,37)/t29-/m0/s1. The smallest absolute Gasteiger partial charge is 0.274 e. The average molecular weight is 516 g/mol. The van der Waals surface area contributed by atoms with Crippen LogP contribution in [0.25, 0.3) is 0 Å². The molecular weight excluding hydrogens is 482 g/mol. The second-order valence-corrected chi connectivity index (χ2v) is 10.3. The molecule has 5 rings (SSSR count). The van der Waals surface area contributed by atoms with Crippen LogP contribution >= 0.6 is 0 Å². The van der Waals surface area contributed by atoms with Crippen molar-refractivity contribution in [1.82, 2.24) is 25.1 Å². The second kappa shape index (κ2) is 10.3. The molecule has 1 aliphatic heterocycles. The van der Waals surface area contributed by atoms with Gasteiger partial charge < -0.3 is 24.8 Å². The van der Waals surface area contributed by atoms with Gasteiger partial charge in [0.1, 0.15) is 17.0 Å². The number of rotatable bonds is 9. The zero-order chi connectivity index (χ0) is 26.9. The van der Waals surface area contributed by atoms with E-state index in [4.69, 9.17) is 4.74 Å². The van der Waals surface area contributed by atoms with E-state index in [0.29, 0.717) is 19.5 Å². The molecule has 1 aromatic heterocycles. The number of fused-ring (bicyclic) bond motifs is 1. The Balaban J connectivity index is 1.30. The fourth-order valence-electron chi connectivity index (χ4n) is 5.00. The highest BCUT2D eigenvalue weighted by molar-refractivity contribution is 6.07. The predicted octanol–water partition coefficient (Wildman–Crippen LogP) is 2.87. The van der Waals surface area contributed by atoms with E-state index < -0.39 is 5.54 Å². The van der Waals surface area contributed by atoms with Crippen LogP contribution < -0.4 is 15.4 Å². The quantitative estimate of drug-likeness (QED) is 0.456. The van der Waals surface area contributed by atoms with Crippen molar-refractivity contribution in [3.63, 3.8) is 0 Å². The zero-order valence-corrected chi connectivity index (χ0v) is 22.0. The maximum absolute atomic E-state index is 13.8. The largest absolute Gasteiger partial charge is 0.497 e. The van der Waals surface area contributed by atoms with E-state index in [1.807, 2.05) is 55.5 Å². The van der Waals surface area contributed by atoms with Crippen molar-refractivity contribution >= 4 is 17.7 Å². The SMILES string of the molecule is COc1ccc(CNC(=O)[C@]2(C)Cn3cnc(C(=O)NCCc4ccc(C)cc4)c3C(=O)N2C2CC2)cc1. The molecule has 1 fully saturated rings. The van der Waals surface area contributed by atoms with Crippen LogP contribution in [-0.4, -0.2) is 57.4 Å². The number of benzene rings is 2. The van der Waals surface area contributed by atoms with E-state index >= 15 is 0 Å². The first-order valence-corrected chi connectivity index (χ1v) is 12.9. The number of nitrogens with zero attached hydrogens (tertiary/aromatic N) is 3. The molecule has 0 bridgehead atoms. The first kappa shape index (κ1) is 25.5. The summed E-state index contributed by atoms with van der Waals surface area (Å²) in [5.41, 5.74) is 2.47. The number of carbonyl (C=O) groups is 3. The van der Waals surface area contributed by atoms with Gasteiger partial charge in [0, 0.05) is 19.1 Å². The number of hydrogen-bond acceptors (Lipinski definition) is 5. The van der Waals surface area contributed by atoms with Gasteiger partial charge in [0.2, 0.25) is 5.91 Å². The third-order valence-corrected chi connectivity index (χ3v) is 7.32. The van der Waals surface area contributed by atoms with Gasteiger partial charge in [-0.1, -0.05) is 42.0 Å². The Labute approximate surface area is 222 Å². The molecule has 1 atom stereocenters. The molecule has 3 amide bonds. The summed E-state index contributed by atoms with van der Waals surface area (Å²) in [6, 6.07) is 15.6. The third-order valence-electron chi connectivity index (χ3n) is 7.32. The number of nitrogens with one attached hydrogen (secondary N) is 2. The number of amides is 3. The highest BCUT2D eigenvalue weighted by Gasteiger charge is 2.53. The molecular formula is C29H33N5O4. The monoisotopic (exact) mass is 515 g/mol. The summed E-state index contributed by atoms with van der Waals surface area (Å²) in [6.07, 6.45) is 3.83. The Morgan fingerprint density at radius 3 is 2.39 bits per heavy atom. The Morgan fingerprint density at radius 1 is 1.05 bits per heavy atom. The molecule has 3 aromatic rings. The van der Waals surface area contributed by atoms with Crippen LogP contribution in [0, 0.1) is 6.92 Å². The number of imidazole rings is 1.